The highest BCUT2D eigenvalue weighted by Crippen LogP contribution is 2.31. The molecule has 2 aliphatic heterocycles. The first-order valence-corrected chi connectivity index (χ1v) is 16.5. The molecule has 0 saturated carbocycles. The molecule has 1 aromatic carbocycles. The summed E-state index contributed by atoms with van der Waals surface area (Å²) in [6.07, 6.45) is 3.34. The van der Waals surface area contributed by atoms with Crippen LogP contribution < -0.4 is 15.0 Å². The van der Waals surface area contributed by atoms with E-state index >= 15 is 4.39 Å². The Balaban J connectivity index is 1.33. The van der Waals surface area contributed by atoms with Crippen LogP contribution in [0, 0.1) is 29.0 Å². The van der Waals surface area contributed by atoms with Crippen LogP contribution in [0.5, 0.6) is 5.75 Å². The zero-order valence-corrected chi connectivity index (χ0v) is 28.2. The molecule has 0 aliphatic carbocycles. The summed E-state index contributed by atoms with van der Waals surface area (Å²) in [7, 11) is 0. The summed E-state index contributed by atoms with van der Waals surface area (Å²) in [5.41, 5.74) is -0.522. The third kappa shape index (κ3) is 8.89. The van der Waals surface area contributed by atoms with Gasteiger partial charge < -0.3 is 29.1 Å². The number of nitrogens with one attached hydrogen (secondary N) is 1. The van der Waals surface area contributed by atoms with Crippen LogP contribution in [0.4, 0.5) is 15.2 Å². The first-order chi connectivity index (χ1) is 21.8. The molecule has 12 heteroatoms. The molecule has 4 rings (SSSR count). The van der Waals surface area contributed by atoms with Crippen LogP contribution >= 0.6 is 0 Å². The first-order valence-electron chi connectivity index (χ1n) is 16.5. The van der Waals surface area contributed by atoms with Crippen LogP contribution in [0.15, 0.2) is 22.7 Å². The van der Waals surface area contributed by atoms with Crippen LogP contribution in [0.2, 0.25) is 0 Å². The lowest BCUT2D eigenvalue weighted by atomic mass is 9.84. The van der Waals surface area contributed by atoms with Crippen LogP contribution in [-0.4, -0.2) is 71.0 Å². The van der Waals surface area contributed by atoms with Crippen molar-refractivity contribution in [2.45, 2.75) is 110 Å². The van der Waals surface area contributed by atoms with E-state index in [9.17, 15) is 14.9 Å². The number of likely N-dealkylation sites (tertiary alicyclic amines) is 1. The molecule has 252 valence electrons. The highest BCUT2D eigenvalue weighted by molar-refractivity contribution is 5.87. The Labute approximate surface area is 271 Å². The summed E-state index contributed by atoms with van der Waals surface area (Å²) in [6, 6.07) is 5.67. The van der Waals surface area contributed by atoms with Gasteiger partial charge in [0.25, 0.3) is 0 Å². The summed E-state index contributed by atoms with van der Waals surface area (Å²) in [6.45, 7) is 15.7. The summed E-state index contributed by atoms with van der Waals surface area (Å²) >= 11 is 0. The van der Waals surface area contributed by atoms with Gasteiger partial charge in [-0.05, 0) is 76.3 Å². The van der Waals surface area contributed by atoms with Gasteiger partial charge in [0.05, 0.1) is 12.7 Å². The van der Waals surface area contributed by atoms with Crippen molar-refractivity contribution in [2.75, 3.05) is 31.1 Å². The molecule has 2 saturated heterocycles. The number of piperidine rings is 1. The molecular weight excluding hydrogens is 591 g/mol. The van der Waals surface area contributed by atoms with Gasteiger partial charge in [0.2, 0.25) is 5.91 Å². The van der Waals surface area contributed by atoms with E-state index in [-0.39, 0.29) is 11.5 Å². The monoisotopic (exact) mass is 640 g/mol. The van der Waals surface area contributed by atoms with E-state index in [2.05, 4.69) is 33.4 Å². The SMILES string of the molecule is CC(C)c1noc(N2CCC([C@H](C)CCOc3ccc([C@H](C)[C@H](NC(=O)OC(C)(C)C)C(=O)N4CCC[C@H]4C#N)c(F)c3)CC2)n1. The first kappa shape index (κ1) is 35.0. The van der Waals surface area contributed by atoms with Gasteiger partial charge >= 0.3 is 12.1 Å². The van der Waals surface area contributed by atoms with Gasteiger partial charge in [0.1, 0.15) is 29.3 Å². The molecule has 2 aliphatic rings. The summed E-state index contributed by atoms with van der Waals surface area (Å²) in [5, 5.41) is 16.3. The zero-order valence-electron chi connectivity index (χ0n) is 28.2. The standard InChI is InChI=1S/C34H49FN6O5/c1-21(2)30-38-32(46-39-30)40-16-12-24(13-17-40)22(3)14-18-44-26-10-11-27(28(35)19-26)23(4)29(37-33(43)45-34(5,6)7)31(42)41-15-8-9-25(41)20-36/h10-11,19,21-25,29H,8-9,12-18H2,1-7H3,(H,37,43)/t22-,23+,25+,29+/m1/s1. The minimum absolute atomic E-state index is 0.225. The molecular formula is C34H49FN6O5. The highest BCUT2D eigenvalue weighted by atomic mass is 19.1. The third-order valence-corrected chi connectivity index (χ3v) is 8.99. The fraction of sp³-hybridized carbons (Fsp3) is 0.676. The molecule has 0 bridgehead atoms. The molecule has 0 radical (unpaired) electrons. The number of anilines is 1. The number of rotatable bonds is 11. The maximum absolute atomic E-state index is 15.5. The second kappa shape index (κ2) is 15.1. The molecule has 2 fully saturated rings. The molecule has 4 atom stereocenters. The number of ether oxygens (including phenoxy) is 2. The molecule has 0 unspecified atom stereocenters. The molecule has 1 aromatic heterocycles. The Morgan fingerprint density at radius 3 is 2.48 bits per heavy atom. The van der Waals surface area contributed by atoms with Crippen molar-refractivity contribution in [3.63, 3.8) is 0 Å². The average Bonchev–Trinajstić information content (AvgIpc) is 3.69. The lowest BCUT2D eigenvalue weighted by Gasteiger charge is -2.33. The van der Waals surface area contributed by atoms with Gasteiger partial charge in [-0.25, -0.2) is 9.18 Å². The highest BCUT2D eigenvalue weighted by Gasteiger charge is 2.38. The number of carbonyl (C=O) groups is 2. The maximum Gasteiger partial charge on any atom is 0.408 e. The van der Waals surface area contributed by atoms with E-state index in [1.165, 1.54) is 11.0 Å². The fourth-order valence-corrected chi connectivity index (χ4v) is 6.17. The number of hydrogen-bond donors (Lipinski definition) is 1. The van der Waals surface area contributed by atoms with Crippen molar-refractivity contribution in [1.29, 1.82) is 5.26 Å². The largest absolute Gasteiger partial charge is 0.493 e. The van der Waals surface area contributed by atoms with Crippen LogP contribution in [0.3, 0.4) is 0 Å². The Bertz CT molecular complexity index is 1380. The fourth-order valence-electron chi connectivity index (χ4n) is 6.17. The van der Waals surface area contributed by atoms with E-state index in [1.54, 1.807) is 39.8 Å². The van der Waals surface area contributed by atoms with Gasteiger partial charge in [-0.3, -0.25) is 4.79 Å². The quantitative estimate of drug-likeness (QED) is 0.306. The summed E-state index contributed by atoms with van der Waals surface area (Å²) in [4.78, 5) is 34.5. The Hall–Kier alpha value is -3.88. The number of alkyl carbamates (subject to hydrolysis) is 1. The number of halogens is 1. The predicted octanol–water partition coefficient (Wildman–Crippen LogP) is 6.17. The summed E-state index contributed by atoms with van der Waals surface area (Å²) in [5.74, 6) is 0.619. The third-order valence-electron chi connectivity index (χ3n) is 8.99. The lowest BCUT2D eigenvalue weighted by molar-refractivity contribution is -0.134. The molecule has 1 N–H and O–H groups in total. The van der Waals surface area contributed by atoms with Gasteiger partial charge in [-0.15, -0.1) is 0 Å². The average molecular weight is 641 g/mol. The number of hydrogen-bond acceptors (Lipinski definition) is 9. The second-order valence-corrected chi connectivity index (χ2v) is 13.9. The smallest absolute Gasteiger partial charge is 0.408 e. The Morgan fingerprint density at radius 1 is 1.15 bits per heavy atom. The van der Waals surface area contributed by atoms with Crippen LogP contribution in [0.1, 0.15) is 104 Å². The van der Waals surface area contributed by atoms with E-state index in [0.29, 0.717) is 49.6 Å². The van der Waals surface area contributed by atoms with Crippen molar-refractivity contribution in [3.8, 4) is 11.8 Å². The molecule has 3 heterocycles. The van der Waals surface area contributed by atoms with Gasteiger partial charge in [0, 0.05) is 37.5 Å². The molecule has 0 spiro atoms. The number of aromatic nitrogens is 2. The van der Waals surface area contributed by atoms with Crippen LogP contribution in [-0.2, 0) is 9.53 Å². The number of nitriles is 1. The summed E-state index contributed by atoms with van der Waals surface area (Å²) < 4.78 is 32.3. The molecule has 2 amide bonds. The lowest BCUT2D eigenvalue weighted by Crippen LogP contribution is -2.53. The van der Waals surface area contributed by atoms with Crippen molar-refractivity contribution < 1.29 is 28.0 Å². The van der Waals surface area contributed by atoms with Crippen LogP contribution in [0.25, 0.3) is 0 Å². The van der Waals surface area contributed by atoms with Crippen molar-refractivity contribution >= 4 is 18.0 Å². The molecule has 2 aromatic rings. The normalized spacial score (nSPS) is 19.4. The Morgan fingerprint density at radius 2 is 1.87 bits per heavy atom. The van der Waals surface area contributed by atoms with E-state index in [0.717, 1.165) is 38.2 Å². The Kier molecular flexibility index (Phi) is 11.5. The van der Waals surface area contributed by atoms with E-state index in [1.807, 2.05) is 13.8 Å². The maximum atomic E-state index is 15.5. The van der Waals surface area contributed by atoms with Gasteiger partial charge in [0.15, 0.2) is 5.82 Å². The molecule has 46 heavy (non-hydrogen) atoms. The number of carbonyl (C=O) groups excluding carboxylic acids is 2. The minimum atomic E-state index is -1.12. The number of nitrogens with zero attached hydrogens (tertiary/aromatic N) is 5. The van der Waals surface area contributed by atoms with Crippen molar-refractivity contribution in [1.82, 2.24) is 20.4 Å². The minimum Gasteiger partial charge on any atom is -0.493 e. The van der Waals surface area contributed by atoms with Gasteiger partial charge in [-0.2, -0.15) is 10.2 Å². The predicted molar refractivity (Wildman–Crippen MR) is 171 cm³/mol. The second-order valence-electron chi connectivity index (χ2n) is 13.9. The zero-order chi connectivity index (χ0) is 33.6. The number of amides is 2. The molecule has 11 nitrogen and oxygen atoms in total. The van der Waals surface area contributed by atoms with Crippen molar-refractivity contribution in [3.05, 3.63) is 35.4 Å². The van der Waals surface area contributed by atoms with Crippen molar-refractivity contribution in [2.24, 2.45) is 11.8 Å². The van der Waals surface area contributed by atoms with Gasteiger partial charge in [-0.1, -0.05) is 38.9 Å². The number of benzene rings is 1. The topological polar surface area (TPSA) is 134 Å². The van der Waals surface area contributed by atoms with E-state index in [4.69, 9.17) is 14.0 Å². The van der Waals surface area contributed by atoms with E-state index < -0.39 is 41.4 Å².